The first-order chi connectivity index (χ1) is 9.83. The lowest BCUT2D eigenvalue weighted by molar-refractivity contribution is -0.140. The van der Waals surface area contributed by atoms with Crippen LogP contribution in [0, 0.1) is 0 Å². The molecule has 1 heterocycles. The zero-order chi connectivity index (χ0) is 16.0. The Morgan fingerprint density at radius 1 is 1.29 bits per heavy atom. The van der Waals surface area contributed by atoms with Crippen molar-refractivity contribution < 1.29 is 24.6 Å². The van der Waals surface area contributed by atoms with Crippen molar-refractivity contribution in [3.63, 3.8) is 0 Å². The van der Waals surface area contributed by atoms with Crippen LogP contribution in [0.1, 0.15) is 18.2 Å². The standard InChI is InChI=1S/C12H18N4O5/c1-3-9-8(5-15(2)14-9)4-13-12(21)16(6-10(17)18)7-11(19)20/h5H,3-4,6-7H2,1-2H3,(H,13,21)(H,17,18)(H,19,20). The van der Waals surface area contributed by atoms with Crippen molar-refractivity contribution in [2.24, 2.45) is 7.05 Å². The van der Waals surface area contributed by atoms with Crippen molar-refractivity contribution in [3.05, 3.63) is 17.5 Å². The van der Waals surface area contributed by atoms with Crippen LogP contribution in [0.2, 0.25) is 0 Å². The summed E-state index contributed by atoms with van der Waals surface area (Å²) in [5.74, 6) is -2.55. The van der Waals surface area contributed by atoms with Gasteiger partial charge in [0.05, 0.1) is 5.69 Å². The summed E-state index contributed by atoms with van der Waals surface area (Å²) in [5, 5.41) is 24.1. The lowest BCUT2D eigenvalue weighted by Gasteiger charge is -2.18. The van der Waals surface area contributed by atoms with Crippen LogP contribution in [0.4, 0.5) is 4.79 Å². The number of carbonyl (C=O) groups excluding carboxylic acids is 1. The zero-order valence-corrected chi connectivity index (χ0v) is 11.9. The Kier molecular flexibility index (Phi) is 5.70. The van der Waals surface area contributed by atoms with Crippen molar-refractivity contribution in [2.45, 2.75) is 19.9 Å². The molecule has 0 atom stereocenters. The highest BCUT2D eigenvalue weighted by molar-refractivity contribution is 5.84. The number of hydrogen-bond acceptors (Lipinski definition) is 4. The van der Waals surface area contributed by atoms with Crippen molar-refractivity contribution in [2.75, 3.05) is 13.1 Å². The monoisotopic (exact) mass is 298 g/mol. The van der Waals surface area contributed by atoms with E-state index < -0.39 is 31.1 Å². The Hall–Kier alpha value is -2.58. The smallest absolute Gasteiger partial charge is 0.323 e. The molecule has 0 saturated carbocycles. The van der Waals surface area contributed by atoms with Crippen LogP contribution in [0.5, 0.6) is 0 Å². The van der Waals surface area contributed by atoms with Gasteiger partial charge in [0.1, 0.15) is 13.1 Å². The number of amides is 2. The molecule has 1 aromatic rings. The molecule has 1 aromatic heterocycles. The lowest BCUT2D eigenvalue weighted by Crippen LogP contribution is -2.45. The minimum absolute atomic E-state index is 0.158. The number of hydrogen-bond donors (Lipinski definition) is 3. The van der Waals surface area contributed by atoms with E-state index in [4.69, 9.17) is 10.2 Å². The van der Waals surface area contributed by atoms with Gasteiger partial charge in [0.2, 0.25) is 0 Å². The van der Waals surface area contributed by atoms with E-state index in [1.807, 2.05) is 6.92 Å². The van der Waals surface area contributed by atoms with Crippen molar-refractivity contribution >= 4 is 18.0 Å². The molecule has 0 unspecified atom stereocenters. The van der Waals surface area contributed by atoms with E-state index in [9.17, 15) is 14.4 Å². The number of nitrogens with zero attached hydrogens (tertiary/aromatic N) is 3. The first kappa shape index (κ1) is 16.5. The molecule has 0 radical (unpaired) electrons. The van der Waals surface area contributed by atoms with Crippen LogP contribution in [-0.4, -0.2) is 56.0 Å². The normalized spacial score (nSPS) is 10.2. The summed E-state index contributed by atoms with van der Waals surface area (Å²) in [6.07, 6.45) is 2.44. The van der Waals surface area contributed by atoms with Crippen LogP contribution in [0.15, 0.2) is 6.20 Å². The second-order valence-electron chi connectivity index (χ2n) is 4.43. The second-order valence-corrected chi connectivity index (χ2v) is 4.43. The van der Waals surface area contributed by atoms with Gasteiger partial charge in [0, 0.05) is 25.4 Å². The molecule has 0 saturated heterocycles. The van der Waals surface area contributed by atoms with Crippen LogP contribution in [0.3, 0.4) is 0 Å². The van der Waals surface area contributed by atoms with Gasteiger partial charge in [-0.2, -0.15) is 5.10 Å². The number of nitrogens with one attached hydrogen (secondary N) is 1. The number of aliphatic carboxylic acids is 2. The summed E-state index contributed by atoms with van der Waals surface area (Å²) in [5.41, 5.74) is 1.62. The molecule has 3 N–H and O–H groups in total. The predicted octanol–water partition coefficient (Wildman–Crippen LogP) is -0.337. The molecule has 0 aromatic carbocycles. The highest BCUT2D eigenvalue weighted by Crippen LogP contribution is 2.06. The minimum atomic E-state index is -1.28. The van der Waals surface area contributed by atoms with E-state index in [0.29, 0.717) is 11.3 Å². The summed E-state index contributed by atoms with van der Waals surface area (Å²) in [7, 11) is 1.76. The van der Waals surface area contributed by atoms with Crippen LogP contribution in [-0.2, 0) is 29.6 Å². The highest BCUT2D eigenvalue weighted by Gasteiger charge is 2.19. The third-order valence-electron chi connectivity index (χ3n) is 2.70. The molecular formula is C12H18N4O5. The molecule has 9 heteroatoms. The second kappa shape index (κ2) is 7.27. The number of carboxylic acids is 2. The van der Waals surface area contributed by atoms with Crippen LogP contribution in [0.25, 0.3) is 0 Å². The summed E-state index contributed by atoms with van der Waals surface area (Å²) < 4.78 is 1.62. The molecular weight excluding hydrogens is 280 g/mol. The summed E-state index contributed by atoms with van der Waals surface area (Å²) in [6, 6.07) is -0.745. The predicted molar refractivity (Wildman–Crippen MR) is 71.7 cm³/mol. The molecule has 1 rings (SSSR count). The first-order valence-corrected chi connectivity index (χ1v) is 6.31. The molecule has 0 spiro atoms. The lowest BCUT2D eigenvalue weighted by atomic mass is 10.2. The maximum absolute atomic E-state index is 11.9. The zero-order valence-electron chi connectivity index (χ0n) is 11.9. The number of aromatic nitrogens is 2. The van der Waals surface area contributed by atoms with Crippen molar-refractivity contribution in [1.82, 2.24) is 20.0 Å². The van der Waals surface area contributed by atoms with Crippen molar-refractivity contribution in [1.29, 1.82) is 0 Å². The van der Waals surface area contributed by atoms with Gasteiger partial charge in [-0.05, 0) is 6.42 Å². The Labute approximate surface area is 121 Å². The average molecular weight is 298 g/mol. The summed E-state index contributed by atoms with van der Waals surface area (Å²) in [4.78, 5) is 33.9. The maximum Gasteiger partial charge on any atom is 0.323 e. The van der Waals surface area contributed by atoms with Gasteiger partial charge in [-0.1, -0.05) is 6.92 Å². The fraction of sp³-hybridized carbons (Fsp3) is 0.500. The van der Waals surface area contributed by atoms with Gasteiger partial charge >= 0.3 is 18.0 Å². The number of aryl methyl sites for hydroxylation is 2. The number of rotatable bonds is 7. The average Bonchev–Trinajstić information content (AvgIpc) is 2.74. The Balaban J connectivity index is 2.68. The summed E-state index contributed by atoms with van der Waals surface area (Å²) in [6.45, 7) is 0.734. The summed E-state index contributed by atoms with van der Waals surface area (Å²) >= 11 is 0. The number of carboxylic acid groups (broad SMARTS) is 2. The minimum Gasteiger partial charge on any atom is -0.480 e. The molecule has 0 aliphatic rings. The molecule has 0 aliphatic heterocycles. The third kappa shape index (κ3) is 5.13. The van der Waals surface area contributed by atoms with Gasteiger partial charge in [-0.15, -0.1) is 0 Å². The first-order valence-electron chi connectivity index (χ1n) is 6.31. The van der Waals surface area contributed by atoms with Gasteiger partial charge in [-0.3, -0.25) is 14.3 Å². The molecule has 116 valence electrons. The highest BCUT2D eigenvalue weighted by atomic mass is 16.4. The van der Waals surface area contributed by atoms with Gasteiger partial charge in [0.25, 0.3) is 0 Å². The topological polar surface area (TPSA) is 125 Å². The molecule has 9 nitrogen and oxygen atoms in total. The fourth-order valence-electron chi connectivity index (χ4n) is 1.84. The van der Waals surface area contributed by atoms with E-state index in [2.05, 4.69) is 10.4 Å². The van der Waals surface area contributed by atoms with E-state index in [0.717, 1.165) is 11.3 Å². The SMILES string of the molecule is CCc1nn(C)cc1CNC(=O)N(CC(=O)O)CC(=O)O. The van der Waals surface area contributed by atoms with E-state index in [1.54, 1.807) is 17.9 Å². The third-order valence-corrected chi connectivity index (χ3v) is 2.70. The molecule has 21 heavy (non-hydrogen) atoms. The van der Waals surface area contributed by atoms with Crippen LogP contribution < -0.4 is 5.32 Å². The van der Waals surface area contributed by atoms with Gasteiger partial charge in [-0.25, -0.2) is 4.79 Å². The quantitative estimate of drug-likeness (QED) is 0.632. The molecule has 2 amide bonds. The number of carbonyl (C=O) groups is 3. The van der Waals surface area contributed by atoms with E-state index in [-0.39, 0.29) is 6.54 Å². The van der Waals surface area contributed by atoms with E-state index in [1.165, 1.54) is 0 Å². The largest absolute Gasteiger partial charge is 0.480 e. The van der Waals surface area contributed by atoms with Gasteiger partial charge in [0.15, 0.2) is 0 Å². The van der Waals surface area contributed by atoms with E-state index >= 15 is 0 Å². The molecule has 0 fully saturated rings. The Morgan fingerprint density at radius 2 is 1.86 bits per heavy atom. The van der Waals surface area contributed by atoms with Gasteiger partial charge < -0.3 is 20.4 Å². The Morgan fingerprint density at radius 3 is 2.33 bits per heavy atom. The molecule has 0 aliphatic carbocycles. The van der Waals surface area contributed by atoms with Crippen molar-refractivity contribution in [3.8, 4) is 0 Å². The number of urea groups is 1. The maximum atomic E-state index is 11.9. The Bertz CT molecular complexity index is 524. The fourth-order valence-corrected chi connectivity index (χ4v) is 1.84. The molecule has 0 bridgehead atoms. The van der Waals surface area contributed by atoms with Crippen LogP contribution >= 0.6 is 0 Å².